The maximum Gasteiger partial charge on any atom is 0.308 e. The quantitative estimate of drug-likeness (QED) is 0.776. The fourth-order valence-electron chi connectivity index (χ4n) is 2.28. The summed E-state index contributed by atoms with van der Waals surface area (Å²) in [6.07, 6.45) is 0.319. The van der Waals surface area contributed by atoms with Gasteiger partial charge in [0.05, 0.1) is 12.5 Å². The van der Waals surface area contributed by atoms with Gasteiger partial charge in [-0.1, -0.05) is 12.1 Å². The van der Waals surface area contributed by atoms with E-state index in [2.05, 4.69) is 5.32 Å². The number of carboxylic acids is 1. The Morgan fingerprint density at radius 1 is 1.21 bits per heavy atom. The molecular weight excluding hydrogens is 310 g/mol. The molecule has 0 spiro atoms. The summed E-state index contributed by atoms with van der Waals surface area (Å²) in [6, 6.07) is 10.5. The number of hydrogen-bond donors (Lipinski definition) is 2. The van der Waals surface area contributed by atoms with Crippen molar-refractivity contribution in [1.29, 1.82) is 0 Å². The van der Waals surface area contributed by atoms with E-state index in [9.17, 15) is 14.7 Å². The van der Waals surface area contributed by atoms with Crippen LogP contribution in [0.5, 0.6) is 5.75 Å². The van der Waals surface area contributed by atoms with E-state index in [1.807, 2.05) is 31.2 Å². The number of nitrogens with one attached hydrogen (secondary N) is 1. The van der Waals surface area contributed by atoms with Crippen molar-refractivity contribution in [3.8, 4) is 5.75 Å². The molecule has 1 amide bonds. The molecule has 1 aromatic heterocycles. The number of aliphatic carboxylic acids is 1. The number of furan rings is 1. The average Bonchev–Trinajstić information content (AvgIpc) is 2.99. The van der Waals surface area contributed by atoms with Gasteiger partial charge < -0.3 is 19.6 Å². The van der Waals surface area contributed by atoms with Crippen molar-refractivity contribution in [3.05, 3.63) is 53.5 Å². The average molecular weight is 331 g/mol. The second kappa shape index (κ2) is 8.19. The van der Waals surface area contributed by atoms with E-state index in [0.29, 0.717) is 18.8 Å². The van der Waals surface area contributed by atoms with Gasteiger partial charge in [-0.15, -0.1) is 0 Å². The second-order valence-corrected chi connectivity index (χ2v) is 5.44. The molecule has 1 unspecified atom stereocenters. The van der Waals surface area contributed by atoms with Gasteiger partial charge in [0.25, 0.3) is 5.91 Å². The number of hydrogen-bond acceptors (Lipinski definition) is 4. The SMILES string of the molecule is CCOc1ccc(CC(CNC(=O)c2ccc(C)o2)C(=O)O)cc1. The van der Waals surface area contributed by atoms with E-state index in [0.717, 1.165) is 11.3 Å². The lowest BCUT2D eigenvalue weighted by Crippen LogP contribution is -2.33. The van der Waals surface area contributed by atoms with Crippen LogP contribution in [0.4, 0.5) is 0 Å². The molecule has 0 saturated carbocycles. The summed E-state index contributed by atoms with van der Waals surface area (Å²) in [5.41, 5.74) is 0.869. The Balaban J connectivity index is 1.94. The van der Waals surface area contributed by atoms with Gasteiger partial charge in [0.15, 0.2) is 5.76 Å². The number of rotatable bonds is 8. The monoisotopic (exact) mass is 331 g/mol. The van der Waals surface area contributed by atoms with Gasteiger partial charge in [0.2, 0.25) is 0 Å². The van der Waals surface area contributed by atoms with Gasteiger partial charge in [-0.25, -0.2) is 0 Å². The third-order valence-electron chi connectivity index (χ3n) is 3.54. The van der Waals surface area contributed by atoms with Crippen molar-refractivity contribution in [3.63, 3.8) is 0 Å². The van der Waals surface area contributed by atoms with E-state index in [1.165, 1.54) is 0 Å². The number of carbonyl (C=O) groups excluding carboxylic acids is 1. The van der Waals surface area contributed by atoms with E-state index >= 15 is 0 Å². The molecule has 2 rings (SSSR count). The highest BCUT2D eigenvalue weighted by Crippen LogP contribution is 2.15. The van der Waals surface area contributed by atoms with Gasteiger partial charge in [-0.3, -0.25) is 9.59 Å². The van der Waals surface area contributed by atoms with Crippen molar-refractivity contribution in [2.45, 2.75) is 20.3 Å². The molecular formula is C18H21NO5. The zero-order chi connectivity index (χ0) is 17.5. The maximum atomic E-state index is 11.9. The summed E-state index contributed by atoms with van der Waals surface area (Å²) in [7, 11) is 0. The molecule has 0 saturated heterocycles. The topological polar surface area (TPSA) is 88.8 Å². The molecule has 0 fully saturated rings. The zero-order valence-electron chi connectivity index (χ0n) is 13.7. The maximum absolute atomic E-state index is 11.9. The Morgan fingerprint density at radius 2 is 1.92 bits per heavy atom. The lowest BCUT2D eigenvalue weighted by atomic mass is 9.99. The number of carbonyl (C=O) groups is 2. The van der Waals surface area contributed by atoms with E-state index in [1.54, 1.807) is 19.1 Å². The fraction of sp³-hybridized carbons (Fsp3) is 0.333. The minimum Gasteiger partial charge on any atom is -0.494 e. The second-order valence-electron chi connectivity index (χ2n) is 5.44. The molecule has 6 nitrogen and oxygen atoms in total. The van der Waals surface area contributed by atoms with Crippen molar-refractivity contribution in [2.24, 2.45) is 5.92 Å². The Morgan fingerprint density at radius 3 is 2.46 bits per heavy atom. The molecule has 0 aliphatic rings. The molecule has 0 aliphatic heterocycles. The van der Waals surface area contributed by atoms with Gasteiger partial charge >= 0.3 is 5.97 Å². The molecule has 2 aromatic rings. The molecule has 1 atom stereocenters. The summed E-state index contributed by atoms with van der Waals surface area (Å²) in [5.74, 6) is -0.541. The molecule has 24 heavy (non-hydrogen) atoms. The van der Waals surface area contributed by atoms with Crippen LogP contribution in [0.15, 0.2) is 40.8 Å². The molecule has 1 heterocycles. The number of carboxylic acid groups (broad SMARTS) is 1. The lowest BCUT2D eigenvalue weighted by Gasteiger charge is -2.13. The first kappa shape index (κ1) is 17.6. The number of benzene rings is 1. The predicted molar refractivity (Wildman–Crippen MR) is 88.2 cm³/mol. The summed E-state index contributed by atoms with van der Waals surface area (Å²) in [4.78, 5) is 23.4. The van der Waals surface area contributed by atoms with Crippen LogP contribution in [-0.4, -0.2) is 30.1 Å². The van der Waals surface area contributed by atoms with Gasteiger partial charge in [-0.05, 0) is 50.1 Å². The van der Waals surface area contributed by atoms with Crippen LogP contribution in [-0.2, 0) is 11.2 Å². The molecule has 128 valence electrons. The Bertz CT molecular complexity index is 690. The zero-order valence-corrected chi connectivity index (χ0v) is 13.7. The third-order valence-corrected chi connectivity index (χ3v) is 3.54. The van der Waals surface area contributed by atoms with Crippen LogP contribution < -0.4 is 10.1 Å². The van der Waals surface area contributed by atoms with Crippen LogP contribution in [0.3, 0.4) is 0 Å². The first-order valence-electron chi connectivity index (χ1n) is 7.78. The molecule has 0 aliphatic carbocycles. The first-order chi connectivity index (χ1) is 11.5. The summed E-state index contributed by atoms with van der Waals surface area (Å²) in [6.45, 7) is 4.25. The summed E-state index contributed by atoms with van der Waals surface area (Å²) in [5, 5.41) is 12.0. The van der Waals surface area contributed by atoms with Crippen LogP contribution >= 0.6 is 0 Å². The van der Waals surface area contributed by atoms with Crippen LogP contribution in [0.1, 0.15) is 28.8 Å². The predicted octanol–water partition coefficient (Wildman–Crippen LogP) is 2.66. The minimum atomic E-state index is -0.959. The Kier molecular flexibility index (Phi) is 6.01. The lowest BCUT2D eigenvalue weighted by molar-refractivity contribution is -0.141. The van der Waals surface area contributed by atoms with Gasteiger partial charge in [-0.2, -0.15) is 0 Å². The van der Waals surface area contributed by atoms with Crippen LogP contribution in [0, 0.1) is 12.8 Å². The molecule has 2 N–H and O–H groups in total. The molecule has 0 radical (unpaired) electrons. The summed E-state index contributed by atoms with van der Waals surface area (Å²) >= 11 is 0. The van der Waals surface area contributed by atoms with Crippen LogP contribution in [0.25, 0.3) is 0 Å². The number of aryl methyl sites for hydroxylation is 1. The largest absolute Gasteiger partial charge is 0.494 e. The highest BCUT2D eigenvalue weighted by Gasteiger charge is 2.20. The third kappa shape index (κ3) is 4.87. The van der Waals surface area contributed by atoms with Crippen molar-refractivity contribution >= 4 is 11.9 Å². The van der Waals surface area contributed by atoms with Gasteiger partial charge in [0.1, 0.15) is 11.5 Å². The summed E-state index contributed by atoms with van der Waals surface area (Å²) < 4.78 is 10.6. The molecule has 1 aromatic carbocycles. The van der Waals surface area contributed by atoms with Crippen molar-refractivity contribution in [2.75, 3.05) is 13.2 Å². The minimum absolute atomic E-state index is 0.0289. The van der Waals surface area contributed by atoms with Crippen molar-refractivity contribution < 1.29 is 23.8 Å². The standard InChI is InChI=1S/C18H21NO5/c1-3-23-15-7-5-13(6-8-15)10-14(18(21)22)11-19-17(20)16-9-4-12(2)24-16/h4-9,14H,3,10-11H2,1-2H3,(H,19,20)(H,21,22). The highest BCUT2D eigenvalue weighted by molar-refractivity contribution is 5.91. The smallest absolute Gasteiger partial charge is 0.308 e. The van der Waals surface area contributed by atoms with Crippen molar-refractivity contribution in [1.82, 2.24) is 5.32 Å². The number of amides is 1. The normalized spacial score (nSPS) is 11.8. The van der Waals surface area contributed by atoms with E-state index < -0.39 is 17.8 Å². The Hall–Kier alpha value is -2.76. The highest BCUT2D eigenvalue weighted by atomic mass is 16.5. The fourth-order valence-corrected chi connectivity index (χ4v) is 2.28. The molecule has 0 bridgehead atoms. The number of ether oxygens (including phenoxy) is 1. The van der Waals surface area contributed by atoms with E-state index in [4.69, 9.17) is 9.15 Å². The first-order valence-corrected chi connectivity index (χ1v) is 7.78. The van der Waals surface area contributed by atoms with E-state index in [-0.39, 0.29) is 12.3 Å². The van der Waals surface area contributed by atoms with Gasteiger partial charge in [0, 0.05) is 6.54 Å². The van der Waals surface area contributed by atoms with Crippen LogP contribution in [0.2, 0.25) is 0 Å². The Labute approximate surface area is 140 Å². The molecule has 6 heteroatoms.